The zero-order valence-electron chi connectivity index (χ0n) is 26.5. The Balaban J connectivity index is 1.56. The molecule has 0 saturated heterocycles. The molecule has 0 heterocycles. The summed E-state index contributed by atoms with van der Waals surface area (Å²) in [5, 5.41) is 0. The van der Waals surface area contributed by atoms with Crippen molar-refractivity contribution in [3.8, 4) is 0 Å². The Morgan fingerprint density at radius 1 is 0.854 bits per heavy atom. The molecule has 0 heteroatoms. The summed E-state index contributed by atoms with van der Waals surface area (Å²) >= 11 is 0. The van der Waals surface area contributed by atoms with Crippen LogP contribution in [0.3, 0.4) is 0 Å². The van der Waals surface area contributed by atoms with Gasteiger partial charge in [0.25, 0.3) is 0 Å². The fraction of sp³-hybridized carbons (Fsp3) is 0.366. The molecule has 3 aliphatic carbocycles. The number of allylic oxidation sites excluding steroid dienone is 12. The molecule has 1 fully saturated rings. The molecule has 3 aliphatic rings. The summed E-state index contributed by atoms with van der Waals surface area (Å²) in [6.07, 6.45) is 12.6. The minimum absolute atomic E-state index is 0.278. The van der Waals surface area contributed by atoms with E-state index in [1.165, 1.54) is 78.0 Å². The van der Waals surface area contributed by atoms with Gasteiger partial charge >= 0.3 is 0 Å². The molecular formula is C41H48. The molecule has 2 aromatic carbocycles. The lowest BCUT2D eigenvalue weighted by Crippen LogP contribution is -2.21. The van der Waals surface area contributed by atoms with Gasteiger partial charge in [0.1, 0.15) is 0 Å². The molecule has 0 aromatic heterocycles. The first-order chi connectivity index (χ1) is 19.7. The van der Waals surface area contributed by atoms with Gasteiger partial charge in [0, 0.05) is 17.8 Å². The van der Waals surface area contributed by atoms with E-state index >= 15 is 0 Å². The van der Waals surface area contributed by atoms with Gasteiger partial charge < -0.3 is 0 Å². The number of hydrogen-bond acceptors (Lipinski definition) is 0. The van der Waals surface area contributed by atoms with Crippen molar-refractivity contribution in [2.24, 2.45) is 5.92 Å². The number of hydrogen-bond donors (Lipinski definition) is 0. The first kappa shape index (κ1) is 29.1. The normalized spacial score (nSPS) is 23.3. The van der Waals surface area contributed by atoms with E-state index in [1.54, 1.807) is 0 Å². The third-order valence-corrected chi connectivity index (χ3v) is 9.80. The largest absolute Gasteiger partial charge is 0.0955 e. The van der Waals surface area contributed by atoms with Crippen molar-refractivity contribution in [1.82, 2.24) is 0 Å². The van der Waals surface area contributed by atoms with Gasteiger partial charge in [0.2, 0.25) is 0 Å². The third-order valence-electron chi connectivity index (χ3n) is 9.80. The zero-order valence-corrected chi connectivity index (χ0v) is 26.5. The number of rotatable bonds is 8. The average molecular weight is 541 g/mol. The molecule has 0 nitrogen and oxygen atoms in total. The maximum Gasteiger partial charge on any atom is 0.0264 e. The standard InChI is InChI=1S/C41H48/c1-10-13-26(5)38-27(6)21-37-24-36(23-35-20-28(7)39(29(35)8)33-16-14-25(4)15-17-33)30(9)40(37)41(38)34-19-18-31(11-2)32(12-3)22-34/h14-23,39-41H,5,9-13,24H2,1-4,6-8H3/b36-23+. The van der Waals surface area contributed by atoms with Gasteiger partial charge in [0.15, 0.2) is 0 Å². The van der Waals surface area contributed by atoms with E-state index < -0.39 is 0 Å². The van der Waals surface area contributed by atoms with Crippen LogP contribution >= 0.6 is 0 Å². The van der Waals surface area contributed by atoms with Crippen LogP contribution in [0.2, 0.25) is 0 Å². The second-order valence-electron chi connectivity index (χ2n) is 12.6. The molecule has 3 atom stereocenters. The van der Waals surface area contributed by atoms with E-state index in [2.05, 4.69) is 116 Å². The first-order valence-corrected chi connectivity index (χ1v) is 15.7. The third kappa shape index (κ3) is 5.34. The Bertz CT molecular complexity index is 1540. The van der Waals surface area contributed by atoms with Crippen molar-refractivity contribution < 1.29 is 0 Å². The topological polar surface area (TPSA) is 0 Å². The minimum Gasteiger partial charge on any atom is -0.0955 e. The van der Waals surface area contributed by atoms with E-state index in [0.29, 0.717) is 11.8 Å². The summed E-state index contributed by atoms with van der Waals surface area (Å²) < 4.78 is 0. The van der Waals surface area contributed by atoms with Crippen molar-refractivity contribution in [3.63, 3.8) is 0 Å². The van der Waals surface area contributed by atoms with Crippen LogP contribution in [-0.4, -0.2) is 0 Å². The highest BCUT2D eigenvalue weighted by molar-refractivity contribution is 5.63. The van der Waals surface area contributed by atoms with Gasteiger partial charge in [-0.15, -0.1) is 0 Å². The Labute approximate surface area is 249 Å². The van der Waals surface area contributed by atoms with Gasteiger partial charge in [-0.1, -0.05) is 129 Å². The highest BCUT2D eigenvalue weighted by Gasteiger charge is 2.41. The van der Waals surface area contributed by atoms with Crippen molar-refractivity contribution in [2.45, 2.75) is 92.4 Å². The molecule has 0 radical (unpaired) electrons. The van der Waals surface area contributed by atoms with Gasteiger partial charge in [-0.05, 0) is 103 Å². The fourth-order valence-corrected chi connectivity index (χ4v) is 7.71. The van der Waals surface area contributed by atoms with Crippen LogP contribution in [-0.2, 0) is 12.8 Å². The first-order valence-electron chi connectivity index (χ1n) is 15.7. The van der Waals surface area contributed by atoms with Crippen LogP contribution in [0.1, 0.15) is 100 Å². The maximum atomic E-state index is 4.81. The summed E-state index contributed by atoms with van der Waals surface area (Å²) in [5.74, 6) is 0.940. The average Bonchev–Trinajstić information content (AvgIpc) is 3.41. The lowest BCUT2D eigenvalue weighted by Gasteiger charge is -2.35. The molecule has 3 unspecified atom stereocenters. The van der Waals surface area contributed by atoms with Crippen molar-refractivity contribution >= 4 is 0 Å². The van der Waals surface area contributed by atoms with E-state index in [-0.39, 0.29) is 5.92 Å². The molecule has 2 aromatic rings. The highest BCUT2D eigenvalue weighted by atomic mass is 14.4. The second kappa shape index (κ2) is 11.8. The molecule has 0 amide bonds. The minimum atomic E-state index is 0.278. The molecule has 41 heavy (non-hydrogen) atoms. The molecule has 1 saturated carbocycles. The Hall–Kier alpha value is -3.38. The SMILES string of the molecule is C=C(CCC)C1=C(C)C=C2C/C(=C\C3=C(C)C(c4ccc(C)cc4)C(C)=C3)C(=C)C2C1c1ccc(CC)c(CC)c1. The molecule has 0 bridgehead atoms. The van der Waals surface area contributed by atoms with Gasteiger partial charge in [0.05, 0.1) is 0 Å². The Morgan fingerprint density at radius 3 is 2.20 bits per heavy atom. The summed E-state index contributed by atoms with van der Waals surface area (Å²) in [6, 6.07) is 16.3. The quantitative estimate of drug-likeness (QED) is 0.312. The van der Waals surface area contributed by atoms with Crippen LogP contribution in [0.4, 0.5) is 0 Å². The Morgan fingerprint density at radius 2 is 1.54 bits per heavy atom. The van der Waals surface area contributed by atoms with Crippen molar-refractivity contribution in [1.29, 1.82) is 0 Å². The number of fused-ring (bicyclic) bond motifs is 1. The molecule has 5 rings (SSSR count). The van der Waals surface area contributed by atoms with Gasteiger partial charge in [-0.25, -0.2) is 0 Å². The number of benzene rings is 2. The molecular weight excluding hydrogens is 492 g/mol. The fourth-order valence-electron chi connectivity index (χ4n) is 7.71. The van der Waals surface area contributed by atoms with E-state index in [1.807, 2.05) is 0 Å². The molecule has 212 valence electrons. The van der Waals surface area contributed by atoms with Crippen LogP contribution in [0.15, 0.2) is 124 Å². The van der Waals surface area contributed by atoms with Crippen LogP contribution in [0.25, 0.3) is 0 Å². The smallest absolute Gasteiger partial charge is 0.0264 e. The molecule has 0 N–H and O–H groups in total. The monoisotopic (exact) mass is 540 g/mol. The lowest BCUT2D eigenvalue weighted by atomic mass is 9.68. The molecule has 0 aliphatic heterocycles. The van der Waals surface area contributed by atoms with Gasteiger partial charge in [-0.2, -0.15) is 0 Å². The Kier molecular flexibility index (Phi) is 8.42. The van der Waals surface area contributed by atoms with E-state index in [9.17, 15) is 0 Å². The number of aryl methyl sites for hydroxylation is 3. The predicted molar refractivity (Wildman–Crippen MR) is 178 cm³/mol. The summed E-state index contributed by atoms with van der Waals surface area (Å²) in [7, 11) is 0. The summed E-state index contributed by atoms with van der Waals surface area (Å²) in [4.78, 5) is 0. The summed E-state index contributed by atoms with van der Waals surface area (Å²) in [5.41, 5.74) is 19.6. The van der Waals surface area contributed by atoms with Crippen LogP contribution in [0.5, 0.6) is 0 Å². The van der Waals surface area contributed by atoms with Crippen LogP contribution in [0, 0.1) is 12.8 Å². The zero-order chi connectivity index (χ0) is 29.4. The highest BCUT2D eigenvalue weighted by Crippen LogP contribution is 2.55. The maximum absolute atomic E-state index is 4.81. The van der Waals surface area contributed by atoms with Gasteiger partial charge in [-0.3, -0.25) is 0 Å². The van der Waals surface area contributed by atoms with Crippen molar-refractivity contribution in [3.05, 3.63) is 152 Å². The van der Waals surface area contributed by atoms with E-state index in [4.69, 9.17) is 6.58 Å². The summed E-state index contributed by atoms with van der Waals surface area (Å²) in [6.45, 7) is 25.3. The van der Waals surface area contributed by atoms with E-state index in [0.717, 1.165) is 32.1 Å². The van der Waals surface area contributed by atoms with Crippen molar-refractivity contribution in [2.75, 3.05) is 0 Å². The lowest BCUT2D eigenvalue weighted by molar-refractivity contribution is 0.618. The predicted octanol–water partition coefficient (Wildman–Crippen LogP) is 11.4. The van der Waals surface area contributed by atoms with Crippen LogP contribution < -0.4 is 0 Å². The molecule has 0 spiro atoms. The second-order valence-corrected chi connectivity index (χ2v) is 12.6.